The molecule has 1 aromatic heterocycles. The molecule has 0 radical (unpaired) electrons. The van der Waals surface area contributed by atoms with Crippen LogP contribution in [-0.2, 0) is 6.54 Å². The van der Waals surface area contributed by atoms with Crippen molar-refractivity contribution >= 4 is 11.4 Å². The molecule has 1 N–H and O–H groups in total. The van der Waals surface area contributed by atoms with Crippen LogP contribution in [0.3, 0.4) is 0 Å². The number of aromatic nitrogens is 1. The van der Waals surface area contributed by atoms with Crippen molar-refractivity contribution in [2.75, 3.05) is 19.1 Å². The third kappa shape index (κ3) is 3.95. The van der Waals surface area contributed by atoms with Crippen molar-refractivity contribution in [3.63, 3.8) is 0 Å². The van der Waals surface area contributed by atoms with Crippen molar-refractivity contribution < 1.29 is 4.74 Å². The molecular formula is C17H23N3O. The Morgan fingerprint density at radius 3 is 2.81 bits per heavy atom. The van der Waals surface area contributed by atoms with Gasteiger partial charge in [-0.2, -0.15) is 0 Å². The highest BCUT2D eigenvalue weighted by Gasteiger charge is 2.10. The van der Waals surface area contributed by atoms with Crippen LogP contribution in [0.25, 0.3) is 0 Å². The number of nitrogens with zero attached hydrogens (tertiary/aromatic N) is 2. The van der Waals surface area contributed by atoms with Crippen LogP contribution in [0.4, 0.5) is 11.4 Å². The first kappa shape index (κ1) is 15.3. The number of ether oxygens (including phenoxy) is 1. The number of methoxy groups -OCH3 is 1. The van der Waals surface area contributed by atoms with Crippen LogP contribution in [-0.4, -0.2) is 25.2 Å². The molecule has 0 unspecified atom stereocenters. The van der Waals surface area contributed by atoms with E-state index in [1.807, 2.05) is 36.7 Å². The van der Waals surface area contributed by atoms with Gasteiger partial charge < -0.3 is 15.0 Å². The van der Waals surface area contributed by atoms with Crippen molar-refractivity contribution in [1.82, 2.24) is 10.3 Å². The average molecular weight is 285 g/mol. The first-order chi connectivity index (χ1) is 10.1. The molecule has 0 saturated carbocycles. The van der Waals surface area contributed by atoms with E-state index in [0.29, 0.717) is 6.04 Å². The predicted octanol–water partition coefficient (Wildman–Crippen LogP) is 3.36. The third-order valence-corrected chi connectivity index (χ3v) is 3.38. The van der Waals surface area contributed by atoms with Gasteiger partial charge in [-0.3, -0.25) is 4.98 Å². The molecule has 0 spiro atoms. The summed E-state index contributed by atoms with van der Waals surface area (Å²) in [5, 5.41) is 3.44. The fraction of sp³-hybridized carbons (Fsp3) is 0.353. The minimum atomic E-state index is 0.445. The summed E-state index contributed by atoms with van der Waals surface area (Å²) in [4.78, 5) is 6.40. The van der Waals surface area contributed by atoms with Gasteiger partial charge in [0.15, 0.2) is 0 Å². The molecule has 0 fully saturated rings. The molecular weight excluding hydrogens is 262 g/mol. The second-order valence-electron chi connectivity index (χ2n) is 5.30. The van der Waals surface area contributed by atoms with E-state index in [4.69, 9.17) is 4.74 Å². The summed E-state index contributed by atoms with van der Waals surface area (Å²) < 4.78 is 5.30. The highest BCUT2D eigenvalue weighted by atomic mass is 16.5. The van der Waals surface area contributed by atoms with E-state index in [1.54, 1.807) is 7.11 Å². The molecule has 0 aliphatic heterocycles. The Kier molecular flexibility index (Phi) is 5.17. The first-order valence-electron chi connectivity index (χ1n) is 7.16. The SMILES string of the molecule is COc1cccc(N(C)c2ccncc2CNC(C)C)c1. The summed E-state index contributed by atoms with van der Waals surface area (Å²) in [5.74, 6) is 0.857. The smallest absolute Gasteiger partial charge is 0.120 e. The Bertz CT molecular complexity index is 584. The standard InChI is InChI=1S/C17H23N3O/c1-13(2)19-12-14-11-18-9-8-17(14)20(3)15-6-5-7-16(10-15)21-4/h5-11,13,19H,12H2,1-4H3. The van der Waals surface area contributed by atoms with Crippen LogP contribution in [0.15, 0.2) is 42.7 Å². The van der Waals surface area contributed by atoms with Gasteiger partial charge in [-0.15, -0.1) is 0 Å². The zero-order chi connectivity index (χ0) is 15.2. The number of pyridine rings is 1. The van der Waals surface area contributed by atoms with Crippen LogP contribution >= 0.6 is 0 Å². The Hall–Kier alpha value is -2.07. The van der Waals surface area contributed by atoms with E-state index < -0.39 is 0 Å². The maximum absolute atomic E-state index is 5.30. The minimum absolute atomic E-state index is 0.445. The highest BCUT2D eigenvalue weighted by Crippen LogP contribution is 2.28. The van der Waals surface area contributed by atoms with Crippen LogP contribution in [0.5, 0.6) is 5.75 Å². The molecule has 0 aliphatic carbocycles. The molecule has 112 valence electrons. The molecule has 0 bridgehead atoms. The number of anilines is 2. The Balaban J connectivity index is 2.27. The van der Waals surface area contributed by atoms with Crippen LogP contribution in [0.1, 0.15) is 19.4 Å². The number of hydrogen-bond donors (Lipinski definition) is 1. The van der Waals surface area contributed by atoms with Crippen LogP contribution in [0.2, 0.25) is 0 Å². The lowest BCUT2D eigenvalue weighted by Gasteiger charge is -2.23. The lowest BCUT2D eigenvalue weighted by Crippen LogP contribution is -2.23. The number of nitrogens with one attached hydrogen (secondary N) is 1. The summed E-state index contributed by atoms with van der Waals surface area (Å²) in [5.41, 5.74) is 3.41. The Labute approximate surface area is 126 Å². The van der Waals surface area contributed by atoms with Gasteiger partial charge in [0.1, 0.15) is 5.75 Å². The number of rotatable bonds is 6. The van der Waals surface area contributed by atoms with E-state index in [0.717, 1.165) is 23.7 Å². The molecule has 1 aromatic carbocycles. The average Bonchev–Trinajstić information content (AvgIpc) is 2.52. The number of hydrogen-bond acceptors (Lipinski definition) is 4. The van der Waals surface area contributed by atoms with Gasteiger partial charge in [-0.1, -0.05) is 19.9 Å². The molecule has 2 aromatic rings. The van der Waals surface area contributed by atoms with E-state index in [1.165, 1.54) is 5.56 Å². The molecule has 4 nitrogen and oxygen atoms in total. The molecule has 21 heavy (non-hydrogen) atoms. The van der Waals surface area contributed by atoms with E-state index in [-0.39, 0.29) is 0 Å². The summed E-state index contributed by atoms with van der Waals surface area (Å²) in [6.07, 6.45) is 3.74. The summed E-state index contributed by atoms with van der Waals surface area (Å²) >= 11 is 0. The lowest BCUT2D eigenvalue weighted by molar-refractivity contribution is 0.415. The topological polar surface area (TPSA) is 37.4 Å². The van der Waals surface area contributed by atoms with Gasteiger partial charge >= 0.3 is 0 Å². The maximum atomic E-state index is 5.30. The van der Waals surface area contributed by atoms with Gasteiger partial charge in [-0.25, -0.2) is 0 Å². The van der Waals surface area contributed by atoms with Crippen molar-refractivity contribution in [3.8, 4) is 5.75 Å². The van der Waals surface area contributed by atoms with E-state index >= 15 is 0 Å². The summed E-state index contributed by atoms with van der Waals surface area (Å²) in [6.45, 7) is 5.08. The van der Waals surface area contributed by atoms with E-state index in [2.05, 4.69) is 42.2 Å². The Morgan fingerprint density at radius 1 is 1.29 bits per heavy atom. The summed E-state index contributed by atoms with van der Waals surface area (Å²) in [7, 11) is 3.74. The van der Waals surface area contributed by atoms with Gasteiger partial charge in [0.05, 0.1) is 7.11 Å². The van der Waals surface area contributed by atoms with Gasteiger partial charge in [0.2, 0.25) is 0 Å². The molecule has 4 heteroatoms. The molecule has 0 atom stereocenters. The zero-order valence-electron chi connectivity index (χ0n) is 13.1. The normalized spacial score (nSPS) is 10.7. The maximum Gasteiger partial charge on any atom is 0.120 e. The third-order valence-electron chi connectivity index (χ3n) is 3.38. The quantitative estimate of drug-likeness (QED) is 0.883. The summed E-state index contributed by atoms with van der Waals surface area (Å²) in [6, 6.07) is 10.5. The number of benzene rings is 1. The van der Waals surface area contributed by atoms with Gasteiger partial charge in [0, 0.05) is 55.0 Å². The molecule has 0 aliphatic rings. The fourth-order valence-corrected chi connectivity index (χ4v) is 2.16. The highest BCUT2D eigenvalue weighted by molar-refractivity contribution is 5.66. The largest absolute Gasteiger partial charge is 0.497 e. The van der Waals surface area contributed by atoms with Crippen LogP contribution < -0.4 is 15.0 Å². The van der Waals surface area contributed by atoms with Crippen molar-refractivity contribution in [2.45, 2.75) is 26.4 Å². The molecule has 1 heterocycles. The second kappa shape index (κ2) is 7.09. The minimum Gasteiger partial charge on any atom is -0.497 e. The van der Waals surface area contributed by atoms with Crippen molar-refractivity contribution in [2.24, 2.45) is 0 Å². The van der Waals surface area contributed by atoms with Gasteiger partial charge in [-0.05, 0) is 18.2 Å². The van der Waals surface area contributed by atoms with Crippen molar-refractivity contribution in [1.29, 1.82) is 0 Å². The first-order valence-corrected chi connectivity index (χ1v) is 7.16. The fourth-order valence-electron chi connectivity index (χ4n) is 2.16. The van der Waals surface area contributed by atoms with Crippen molar-refractivity contribution in [3.05, 3.63) is 48.3 Å². The lowest BCUT2D eigenvalue weighted by atomic mass is 10.2. The second-order valence-corrected chi connectivity index (χ2v) is 5.30. The molecule has 0 amide bonds. The van der Waals surface area contributed by atoms with Gasteiger partial charge in [0.25, 0.3) is 0 Å². The van der Waals surface area contributed by atoms with E-state index in [9.17, 15) is 0 Å². The predicted molar refractivity (Wildman–Crippen MR) is 87.3 cm³/mol. The molecule has 0 saturated heterocycles. The Morgan fingerprint density at radius 2 is 2.10 bits per heavy atom. The van der Waals surface area contributed by atoms with Crippen LogP contribution in [0, 0.1) is 0 Å². The molecule has 2 rings (SSSR count). The zero-order valence-corrected chi connectivity index (χ0v) is 13.1. The monoisotopic (exact) mass is 285 g/mol.